The minimum absolute atomic E-state index is 0.0550. The Kier molecular flexibility index (Phi) is 2.78. The second kappa shape index (κ2) is 4.62. The van der Waals surface area contributed by atoms with Crippen LogP contribution in [0.5, 0.6) is 0 Å². The van der Waals surface area contributed by atoms with Crippen LogP contribution in [-0.2, 0) is 4.74 Å². The van der Waals surface area contributed by atoms with E-state index in [1.807, 2.05) is 0 Å². The molecular weight excluding hydrogens is 316 g/mol. The molecular formula is C20H28N2O3. The summed E-state index contributed by atoms with van der Waals surface area (Å²) in [6.45, 7) is 2.16. The van der Waals surface area contributed by atoms with Crippen LogP contribution in [-0.4, -0.2) is 52.0 Å². The summed E-state index contributed by atoms with van der Waals surface area (Å²) in [5.41, 5.74) is 5.42. The Morgan fingerprint density at radius 1 is 1.28 bits per heavy atom. The summed E-state index contributed by atoms with van der Waals surface area (Å²) in [5, 5.41) is 22.5. The lowest BCUT2D eigenvalue weighted by molar-refractivity contribution is -0.253. The SMILES string of the molecule is N[C@@H]1CC[C@@]2(O)[C@H]3CC4C=CC(O)=C5O[C@@H]1[C@]2(CCN3CC1CC1)C54. The largest absolute Gasteiger partial charge is 0.504 e. The van der Waals surface area contributed by atoms with Gasteiger partial charge in [0.25, 0.3) is 0 Å². The Balaban J connectivity index is 1.50. The highest BCUT2D eigenvalue weighted by molar-refractivity contribution is 5.38. The van der Waals surface area contributed by atoms with Crippen molar-refractivity contribution in [1.29, 1.82) is 0 Å². The van der Waals surface area contributed by atoms with E-state index in [-0.39, 0.29) is 35.3 Å². The number of aliphatic hydroxyl groups excluding tert-OH is 1. The number of rotatable bonds is 2. The van der Waals surface area contributed by atoms with Gasteiger partial charge in [0.1, 0.15) is 11.9 Å². The Morgan fingerprint density at radius 3 is 2.92 bits per heavy atom. The van der Waals surface area contributed by atoms with Gasteiger partial charge in [0.15, 0.2) is 5.76 Å². The normalized spacial score (nSPS) is 53.6. The number of hydrogen-bond acceptors (Lipinski definition) is 5. The highest BCUT2D eigenvalue weighted by Gasteiger charge is 2.76. The van der Waals surface area contributed by atoms with Crippen LogP contribution in [0, 0.1) is 23.2 Å². The van der Waals surface area contributed by atoms with Gasteiger partial charge in [0, 0.05) is 24.5 Å². The predicted octanol–water partition coefficient (Wildman–Crippen LogP) is 1.68. The molecule has 4 N–H and O–H groups in total. The average Bonchev–Trinajstić information content (AvgIpc) is 3.32. The van der Waals surface area contributed by atoms with Crippen LogP contribution < -0.4 is 5.73 Å². The first kappa shape index (κ1) is 15.1. The Bertz CT molecular complexity index is 686. The van der Waals surface area contributed by atoms with Crippen molar-refractivity contribution in [3.05, 3.63) is 23.7 Å². The van der Waals surface area contributed by atoms with Gasteiger partial charge in [-0.25, -0.2) is 0 Å². The minimum Gasteiger partial charge on any atom is -0.504 e. The molecule has 7 atom stereocenters. The van der Waals surface area contributed by atoms with Gasteiger partial charge in [-0.3, -0.25) is 4.90 Å². The highest BCUT2D eigenvalue weighted by atomic mass is 16.5. The molecule has 1 spiro atoms. The number of likely N-dealkylation sites (tertiary alicyclic amines) is 1. The molecule has 2 aliphatic heterocycles. The maximum Gasteiger partial charge on any atom is 0.153 e. The lowest BCUT2D eigenvalue weighted by atomic mass is 9.44. The van der Waals surface area contributed by atoms with Crippen LogP contribution >= 0.6 is 0 Å². The van der Waals surface area contributed by atoms with Gasteiger partial charge >= 0.3 is 0 Å². The summed E-state index contributed by atoms with van der Waals surface area (Å²) >= 11 is 0. The van der Waals surface area contributed by atoms with E-state index in [2.05, 4.69) is 11.0 Å². The quantitative estimate of drug-likeness (QED) is 0.710. The third kappa shape index (κ3) is 1.66. The number of aliphatic hydroxyl groups is 2. The molecule has 5 heteroatoms. The molecule has 25 heavy (non-hydrogen) atoms. The average molecular weight is 344 g/mol. The fourth-order valence-electron chi connectivity index (χ4n) is 7.13. The summed E-state index contributed by atoms with van der Waals surface area (Å²) in [5.74, 6) is 2.23. The van der Waals surface area contributed by atoms with Gasteiger partial charge in [-0.2, -0.15) is 0 Å². The summed E-state index contributed by atoms with van der Waals surface area (Å²) in [6, 6.07) is 0.145. The van der Waals surface area contributed by atoms with Crippen LogP contribution in [0.4, 0.5) is 0 Å². The van der Waals surface area contributed by atoms with E-state index in [0.29, 0.717) is 11.7 Å². The molecule has 6 rings (SSSR count). The molecule has 0 aromatic carbocycles. The lowest BCUT2D eigenvalue weighted by Gasteiger charge is -2.66. The zero-order chi connectivity index (χ0) is 17.0. The van der Waals surface area contributed by atoms with Crippen LogP contribution in [0.1, 0.15) is 38.5 Å². The van der Waals surface area contributed by atoms with E-state index in [1.54, 1.807) is 6.08 Å². The summed E-state index contributed by atoms with van der Waals surface area (Å²) in [7, 11) is 0. The molecule has 2 unspecified atom stereocenters. The second-order valence-electron chi connectivity index (χ2n) is 9.40. The molecule has 2 saturated heterocycles. The molecule has 2 bridgehead atoms. The smallest absolute Gasteiger partial charge is 0.153 e. The molecule has 3 saturated carbocycles. The maximum atomic E-state index is 12.1. The first-order valence-corrected chi connectivity index (χ1v) is 10.0. The monoisotopic (exact) mass is 344 g/mol. The third-order valence-electron chi connectivity index (χ3n) is 8.32. The van der Waals surface area contributed by atoms with Gasteiger partial charge in [0.2, 0.25) is 0 Å². The van der Waals surface area contributed by atoms with Gasteiger partial charge in [-0.1, -0.05) is 6.08 Å². The Hall–Kier alpha value is -1.04. The fourth-order valence-corrected chi connectivity index (χ4v) is 7.13. The third-order valence-corrected chi connectivity index (χ3v) is 8.32. The zero-order valence-corrected chi connectivity index (χ0v) is 14.6. The first-order valence-electron chi connectivity index (χ1n) is 10.0. The van der Waals surface area contributed by atoms with Crippen molar-refractivity contribution in [3.63, 3.8) is 0 Å². The second-order valence-corrected chi connectivity index (χ2v) is 9.40. The number of piperidine rings is 1. The molecule has 6 aliphatic rings. The maximum absolute atomic E-state index is 12.1. The first-order chi connectivity index (χ1) is 12.0. The van der Waals surface area contributed by atoms with Crippen molar-refractivity contribution in [2.75, 3.05) is 13.1 Å². The van der Waals surface area contributed by atoms with Crippen LogP contribution in [0.25, 0.3) is 0 Å². The van der Waals surface area contributed by atoms with Crippen molar-refractivity contribution >= 4 is 0 Å². The van der Waals surface area contributed by atoms with E-state index in [4.69, 9.17) is 10.5 Å². The molecule has 136 valence electrons. The predicted molar refractivity (Wildman–Crippen MR) is 92.6 cm³/mol. The van der Waals surface area contributed by atoms with Crippen molar-refractivity contribution in [3.8, 4) is 0 Å². The van der Waals surface area contributed by atoms with E-state index in [9.17, 15) is 10.2 Å². The Morgan fingerprint density at radius 2 is 2.12 bits per heavy atom. The Labute approximate surface area is 148 Å². The van der Waals surface area contributed by atoms with Gasteiger partial charge in [-0.05, 0) is 63.0 Å². The molecule has 0 amide bonds. The minimum atomic E-state index is -0.741. The van der Waals surface area contributed by atoms with Gasteiger partial charge < -0.3 is 20.7 Å². The lowest BCUT2D eigenvalue weighted by Crippen LogP contribution is -2.77. The molecule has 0 aromatic heterocycles. The zero-order valence-electron chi connectivity index (χ0n) is 14.6. The summed E-state index contributed by atoms with van der Waals surface area (Å²) in [6.07, 6.45) is 9.95. The van der Waals surface area contributed by atoms with Crippen molar-refractivity contribution in [1.82, 2.24) is 4.90 Å². The topological polar surface area (TPSA) is 79.0 Å². The highest BCUT2D eigenvalue weighted by Crippen LogP contribution is 2.69. The van der Waals surface area contributed by atoms with Crippen LogP contribution in [0.3, 0.4) is 0 Å². The number of nitrogens with two attached hydrogens (primary N) is 1. The number of allylic oxidation sites excluding steroid dienone is 3. The molecule has 0 aromatic rings. The number of hydrogen-bond donors (Lipinski definition) is 3. The van der Waals surface area contributed by atoms with Gasteiger partial charge in [-0.15, -0.1) is 0 Å². The van der Waals surface area contributed by atoms with Crippen LogP contribution in [0.2, 0.25) is 0 Å². The van der Waals surface area contributed by atoms with E-state index >= 15 is 0 Å². The van der Waals surface area contributed by atoms with Gasteiger partial charge in [0.05, 0.1) is 11.0 Å². The van der Waals surface area contributed by atoms with Crippen molar-refractivity contribution in [2.24, 2.45) is 28.9 Å². The van der Waals surface area contributed by atoms with Crippen molar-refractivity contribution < 1.29 is 14.9 Å². The molecule has 4 aliphatic carbocycles. The summed E-state index contributed by atoms with van der Waals surface area (Å²) < 4.78 is 6.32. The van der Waals surface area contributed by atoms with Crippen LogP contribution in [0.15, 0.2) is 23.7 Å². The number of nitrogens with zero attached hydrogens (tertiary/aromatic N) is 1. The molecule has 0 radical (unpaired) electrons. The number of ether oxygens (including phenoxy) is 1. The molecule has 5 fully saturated rings. The van der Waals surface area contributed by atoms with Crippen molar-refractivity contribution in [2.45, 2.75) is 62.3 Å². The molecule has 5 nitrogen and oxygen atoms in total. The van der Waals surface area contributed by atoms with E-state index < -0.39 is 5.60 Å². The fraction of sp³-hybridized carbons (Fsp3) is 0.800. The summed E-state index contributed by atoms with van der Waals surface area (Å²) in [4.78, 5) is 2.58. The van der Waals surface area contributed by atoms with E-state index in [1.165, 1.54) is 12.8 Å². The van der Waals surface area contributed by atoms with E-state index in [0.717, 1.165) is 44.7 Å². The molecule has 2 heterocycles. The standard InChI is InChI=1S/C20H28N2O3/c21-13-5-6-20(24)15-9-12-3-4-14(23)17-16(12)19(20,18(13)25-17)7-8-22(15)10-11-1-2-11/h3-4,11-13,15-16,18,23-24H,1-2,5-10,21H2/t12?,13-,15-,16?,18+,19+,20-/m1/s1.